The Hall–Kier alpha value is -2.64. The molecule has 1 aromatic heterocycles. The highest BCUT2D eigenvalue weighted by molar-refractivity contribution is 7.89. The maximum Gasteiger partial charge on any atom is 0.276 e. The number of hydrazone groups is 1. The van der Waals surface area contributed by atoms with Crippen LogP contribution in [-0.4, -0.2) is 24.8 Å². The van der Waals surface area contributed by atoms with E-state index in [1.54, 1.807) is 42.6 Å². The molecular formula is C18H17ClN4O2S. The Labute approximate surface area is 157 Å². The van der Waals surface area contributed by atoms with Crippen LogP contribution in [0.2, 0.25) is 5.02 Å². The van der Waals surface area contributed by atoms with Crippen LogP contribution in [0.3, 0.4) is 0 Å². The van der Waals surface area contributed by atoms with Crippen molar-refractivity contribution in [2.45, 2.75) is 18.2 Å². The number of sulfonamides is 1. The Bertz CT molecular complexity index is 1010. The van der Waals surface area contributed by atoms with E-state index >= 15 is 0 Å². The van der Waals surface area contributed by atoms with E-state index in [1.807, 2.05) is 19.1 Å². The highest BCUT2D eigenvalue weighted by atomic mass is 35.5. The van der Waals surface area contributed by atoms with Crippen LogP contribution in [0.25, 0.3) is 11.3 Å². The highest BCUT2D eigenvalue weighted by Gasteiger charge is 2.12. The molecule has 0 aliphatic carbocycles. The number of H-pyrrole nitrogens is 1. The Morgan fingerprint density at radius 1 is 1.15 bits per heavy atom. The van der Waals surface area contributed by atoms with Gasteiger partial charge in [0.15, 0.2) is 0 Å². The number of nitrogens with one attached hydrogen (secondary N) is 2. The molecule has 6 nitrogen and oxygen atoms in total. The van der Waals surface area contributed by atoms with Crippen LogP contribution >= 0.6 is 11.6 Å². The van der Waals surface area contributed by atoms with E-state index in [9.17, 15) is 8.42 Å². The molecule has 0 amide bonds. The predicted octanol–water partition coefficient (Wildman–Crippen LogP) is 3.60. The van der Waals surface area contributed by atoms with Crippen molar-refractivity contribution in [3.05, 3.63) is 70.9 Å². The molecule has 3 rings (SSSR count). The number of rotatable bonds is 6. The summed E-state index contributed by atoms with van der Waals surface area (Å²) in [4.78, 5) is 2.38. The van der Waals surface area contributed by atoms with E-state index in [1.165, 1.54) is 6.21 Å². The van der Waals surface area contributed by atoms with Crippen LogP contribution in [0.15, 0.2) is 64.7 Å². The topological polar surface area (TPSA) is 87.2 Å². The number of halogens is 1. The van der Waals surface area contributed by atoms with E-state index < -0.39 is 10.0 Å². The van der Waals surface area contributed by atoms with Crippen LogP contribution in [0.5, 0.6) is 0 Å². The third kappa shape index (κ3) is 4.12. The van der Waals surface area contributed by atoms with E-state index in [2.05, 4.69) is 20.1 Å². The van der Waals surface area contributed by atoms with Gasteiger partial charge in [0, 0.05) is 16.1 Å². The smallest absolute Gasteiger partial charge is 0.276 e. The van der Waals surface area contributed by atoms with E-state index in [4.69, 9.17) is 11.6 Å². The number of hydrogen-bond acceptors (Lipinski definition) is 4. The first-order chi connectivity index (χ1) is 12.5. The van der Waals surface area contributed by atoms with E-state index in [0.717, 1.165) is 23.2 Å². The Morgan fingerprint density at radius 2 is 1.85 bits per heavy atom. The maximum absolute atomic E-state index is 12.3. The second-order valence-corrected chi connectivity index (χ2v) is 7.65. The van der Waals surface area contributed by atoms with Crippen molar-refractivity contribution in [2.24, 2.45) is 5.10 Å². The molecule has 26 heavy (non-hydrogen) atoms. The zero-order valence-electron chi connectivity index (χ0n) is 14.0. The minimum Gasteiger partial charge on any atom is -0.277 e. The monoisotopic (exact) mass is 388 g/mol. The minimum absolute atomic E-state index is 0.164. The molecule has 2 aromatic carbocycles. The zero-order chi connectivity index (χ0) is 18.6. The van der Waals surface area contributed by atoms with Crippen LogP contribution in [0, 0.1) is 0 Å². The molecule has 0 saturated carbocycles. The van der Waals surface area contributed by atoms with Crippen LogP contribution < -0.4 is 4.83 Å². The van der Waals surface area contributed by atoms with Gasteiger partial charge in [0.05, 0.1) is 23.0 Å². The summed E-state index contributed by atoms with van der Waals surface area (Å²) in [6, 6.07) is 13.9. The first-order valence-corrected chi connectivity index (χ1v) is 9.79. The van der Waals surface area contributed by atoms with Gasteiger partial charge in [0.25, 0.3) is 10.0 Å². The summed E-state index contributed by atoms with van der Waals surface area (Å²) in [5, 5.41) is 11.3. The standard InChI is InChI=1S/C18H17ClN4O2S/c1-2-13-3-9-17(10-4-13)26(24,25)23-21-12-15-11-20-22-18(15)14-5-7-16(19)8-6-14/h3-12,23H,2H2,1H3,(H,20,22)/b21-12-. The van der Waals surface area contributed by atoms with Gasteiger partial charge < -0.3 is 0 Å². The molecule has 2 N–H and O–H groups in total. The van der Waals surface area contributed by atoms with Gasteiger partial charge in [-0.05, 0) is 36.2 Å². The Balaban J connectivity index is 1.76. The Kier molecular flexibility index (Phi) is 5.39. The highest BCUT2D eigenvalue weighted by Crippen LogP contribution is 2.21. The molecule has 0 unspecified atom stereocenters. The van der Waals surface area contributed by atoms with Crippen molar-refractivity contribution in [2.75, 3.05) is 0 Å². The molecule has 3 aromatic rings. The van der Waals surface area contributed by atoms with Gasteiger partial charge in [-0.25, -0.2) is 4.83 Å². The number of aromatic amines is 1. The molecule has 0 atom stereocenters. The second-order valence-electron chi connectivity index (χ2n) is 5.56. The van der Waals surface area contributed by atoms with Gasteiger partial charge in [-0.1, -0.05) is 42.8 Å². The summed E-state index contributed by atoms with van der Waals surface area (Å²) < 4.78 is 24.6. The van der Waals surface area contributed by atoms with Crippen molar-refractivity contribution in [1.82, 2.24) is 15.0 Å². The first-order valence-electron chi connectivity index (χ1n) is 7.92. The van der Waals surface area contributed by atoms with Gasteiger partial charge >= 0.3 is 0 Å². The van der Waals surface area contributed by atoms with Crippen LogP contribution in [0.1, 0.15) is 18.1 Å². The SMILES string of the molecule is CCc1ccc(S(=O)(=O)N/N=C\c2cn[nH]c2-c2ccc(Cl)cc2)cc1. The molecule has 0 bridgehead atoms. The van der Waals surface area contributed by atoms with E-state index in [-0.39, 0.29) is 4.90 Å². The number of aryl methyl sites for hydroxylation is 1. The molecule has 0 aliphatic rings. The average molecular weight is 389 g/mol. The third-order valence-electron chi connectivity index (χ3n) is 3.82. The predicted molar refractivity (Wildman–Crippen MR) is 103 cm³/mol. The lowest BCUT2D eigenvalue weighted by Gasteiger charge is -2.04. The summed E-state index contributed by atoms with van der Waals surface area (Å²) in [7, 11) is -3.72. The molecular weight excluding hydrogens is 372 g/mol. The first kappa shape index (κ1) is 18.2. The lowest BCUT2D eigenvalue weighted by Crippen LogP contribution is -2.18. The van der Waals surface area contributed by atoms with Gasteiger partial charge in [0.2, 0.25) is 0 Å². The zero-order valence-corrected chi connectivity index (χ0v) is 15.6. The fraction of sp³-hybridized carbons (Fsp3) is 0.111. The fourth-order valence-corrected chi connectivity index (χ4v) is 3.28. The number of aromatic nitrogens is 2. The normalized spacial score (nSPS) is 11.8. The van der Waals surface area contributed by atoms with Crippen LogP contribution in [-0.2, 0) is 16.4 Å². The fourth-order valence-electron chi connectivity index (χ4n) is 2.36. The van der Waals surface area contributed by atoms with Crippen molar-refractivity contribution in [3.8, 4) is 11.3 Å². The Morgan fingerprint density at radius 3 is 2.50 bits per heavy atom. The van der Waals surface area contributed by atoms with Crippen molar-refractivity contribution in [1.29, 1.82) is 0 Å². The van der Waals surface area contributed by atoms with E-state index in [0.29, 0.717) is 10.6 Å². The quantitative estimate of drug-likeness (QED) is 0.499. The molecule has 0 aliphatic heterocycles. The molecule has 0 radical (unpaired) electrons. The minimum atomic E-state index is -3.72. The lowest BCUT2D eigenvalue weighted by molar-refractivity contribution is 0.584. The summed E-state index contributed by atoms with van der Waals surface area (Å²) in [6.07, 6.45) is 3.82. The number of benzene rings is 2. The molecule has 8 heteroatoms. The van der Waals surface area contributed by atoms with Crippen molar-refractivity contribution < 1.29 is 8.42 Å². The third-order valence-corrected chi connectivity index (χ3v) is 5.31. The van der Waals surface area contributed by atoms with Crippen molar-refractivity contribution >= 4 is 27.8 Å². The summed E-state index contributed by atoms with van der Waals surface area (Å²) in [5.41, 5.74) is 3.30. The van der Waals surface area contributed by atoms with Crippen molar-refractivity contribution in [3.63, 3.8) is 0 Å². The summed E-state index contributed by atoms with van der Waals surface area (Å²) in [5.74, 6) is 0. The largest absolute Gasteiger partial charge is 0.277 e. The molecule has 0 fully saturated rings. The summed E-state index contributed by atoms with van der Waals surface area (Å²) >= 11 is 5.90. The number of nitrogens with zero attached hydrogens (tertiary/aromatic N) is 2. The number of hydrogen-bond donors (Lipinski definition) is 2. The summed E-state index contributed by atoms with van der Waals surface area (Å²) in [6.45, 7) is 2.01. The molecule has 0 saturated heterocycles. The van der Waals surface area contributed by atoms with Crippen LogP contribution in [0.4, 0.5) is 0 Å². The molecule has 134 valence electrons. The molecule has 1 heterocycles. The molecule has 0 spiro atoms. The van der Waals surface area contributed by atoms with Gasteiger partial charge in [0.1, 0.15) is 0 Å². The maximum atomic E-state index is 12.3. The lowest BCUT2D eigenvalue weighted by atomic mass is 10.1. The second kappa shape index (κ2) is 7.72. The average Bonchev–Trinajstić information content (AvgIpc) is 3.11. The van der Waals surface area contributed by atoms with Gasteiger partial charge in [-0.3, -0.25) is 5.10 Å². The van der Waals surface area contributed by atoms with Gasteiger partial charge in [-0.15, -0.1) is 0 Å². The van der Waals surface area contributed by atoms with Gasteiger partial charge in [-0.2, -0.15) is 18.6 Å².